The zero-order chi connectivity index (χ0) is 19.7. The predicted molar refractivity (Wildman–Crippen MR) is 114 cm³/mol. The summed E-state index contributed by atoms with van der Waals surface area (Å²) in [4.78, 5) is 27.6. The topological polar surface area (TPSA) is 64.4 Å². The fraction of sp³-hybridized carbons (Fsp3) is 0.190. The fourth-order valence-electron chi connectivity index (χ4n) is 3.35. The van der Waals surface area contributed by atoms with Gasteiger partial charge in [-0.25, -0.2) is 9.48 Å². The molecule has 0 aliphatic carbocycles. The Morgan fingerprint density at radius 2 is 1.82 bits per heavy atom. The summed E-state index contributed by atoms with van der Waals surface area (Å²) in [5, 5.41) is 4.47. The lowest BCUT2D eigenvalue weighted by atomic mass is 10.0. The zero-order valence-corrected chi connectivity index (χ0v) is 17.4. The molecule has 0 saturated carbocycles. The zero-order valence-electron chi connectivity index (χ0n) is 15.3. The van der Waals surface area contributed by atoms with Gasteiger partial charge in [-0.05, 0) is 72.3 Å². The Bertz CT molecular complexity index is 1030. The summed E-state index contributed by atoms with van der Waals surface area (Å²) < 4.78 is 7.82. The summed E-state index contributed by atoms with van der Waals surface area (Å²) in [6.45, 7) is 2.50. The van der Waals surface area contributed by atoms with E-state index in [2.05, 4.69) is 27.7 Å². The maximum atomic E-state index is 13.4. The van der Waals surface area contributed by atoms with Gasteiger partial charge in [-0.3, -0.25) is 4.79 Å². The van der Waals surface area contributed by atoms with Crippen molar-refractivity contribution in [3.05, 3.63) is 75.1 Å². The molecule has 4 rings (SSSR count). The summed E-state index contributed by atoms with van der Waals surface area (Å²) in [5.41, 5.74) is 2.84. The molecule has 0 radical (unpaired) electrons. The SMILES string of the molecule is CCOC(=O)c1nn(-c2ccccc2)c2c1CCN(c1ccc(I)cc1)C2=O. The van der Waals surface area contributed by atoms with E-state index in [0.29, 0.717) is 24.2 Å². The van der Waals surface area contributed by atoms with Gasteiger partial charge in [0.15, 0.2) is 5.69 Å². The van der Waals surface area contributed by atoms with E-state index in [9.17, 15) is 9.59 Å². The number of carbonyl (C=O) groups excluding carboxylic acids is 2. The number of hydrogen-bond acceptors (Lipinski definition) is 4. The molecule has 3 aromatic rings. The molecule has 0 atom stereocenters. The first-order chi connectivity index (χ1) is 13.6. The lowest BCUT2D eigenvalue weighted by Crippen LogP contribution is -2.39. The van der Waals surface area contributed by atoms with Crippen LogP contribution in [0.5, 0.6) is 0 Å². The van der Waals surface area contributed by atoms with Crippen molar-refractivity contribution in [2.24, 2.45) is 0 Å². The van der Waals surface area contributed by atoms with Crippen LogP contribution in [0.4, 0.5) is 5.69 Å². The summed E-state index contributed by atoms with van der Waals surface area (Å²) in [7, 11) is 0. The number of amides is 1. The molecule has 2 aromatic carbocycles. The van der Waals surface area contributed by atoms with Crippen LogP contribution in [-0.2, 0) is 11.2 Å². The lowest BCUT2D eigenvalue weighted by Gasteiger charge is -2.27. The molecule has 6 nitrogen and oxygen atoms in total. The van der Waals surface area contributed by atoms with Crippen LogP contribution in [0.15, 0.2) is 54.6 Å². The minimum atomic E-state index is -0.496. The number of para-hydroxylation sites is 1. The Balaban J connectivity index is 1.83. The fourth-order valence-corrected chi connectivity index (χ4v) is 3.71. The first-order valence-corrected chi connectivity index (χ1v) is 10.1. The molecule has 0 bridgehead atoms. The van der Waals surface area contributed by atoms with E-state index < -0.39 is 5.97 Å². The van der Waals surface area contributed by atoms with Crippen molar-refractivity contribution in [1.82, 2.24) is 9.78 Å². The van der Waals surface area contributed by atoms with Crippen LogP contribution in [0.2, 0.25) is 0 Å². The van der Waals surface area contributed by atoms with Gasteiger partial charge in [0.25, 0.3) is 5.91 Å². The first-order valence-electron chi connectivity index (χ1n) is 9.02. The van der Waals surface area contributed by atoms with Crippen LogP contribution in [0.3, 0.4) is 0 Å². The summed E-state index contributed by atoms with van der Waals surface area (Å²) >= 11 is 2.24. The normalized spacial score (nSPS) is 13.4. The number of esters is 1. The molecule has 28 heavy (non-hydrogen) atoms. The Hall–Kier alpha value is -2.68. The molecule has 0 fully saturated rings. The molecule has 0 unspecified atom stereocenters. The van der Waals surface area contributed by atoms with Crippen molar-refractivity contribution in [2.75, 3.05) is 18.1 Å². The van der Waals surface area contributed by atoms with E-state index >= 15 is 0 Å². The number of ether oxygens (including phenoxy) is 1. The number of fused-ring (bicyclic) bond motifs is 1. The van der Waals surface area contributed by atoms with Crippen molar-refractivity contribution in [3.63, 3.8) is 0 Å². The molecule has 142 valence electrons. The molecular weight excluding hydrogens is 469 g/mol. The van der Waals surface area contributed by atoms with Crippen LogP contribution in [0, 0.1) is 3.57 Å². The van der Waals surface area contributed by atoms with E-state index in [1.54, 1.807) is 16.5 Å². The lowest BCUT2D eigenvalue weighted by molar-refractivity contribution is 0.0517. The van der Waals surface area contributed by atoms with Gasteiger partial charge in [-0.15, -0.1) is 0 Å². The number of anilines is 1. The van der Waals surface area contributed by atoms with Crippen LogP contribution < -0.4 is 4.90 Å². The van der Waals surface area contributed by atoms with E-state index in [1.165, 1.54) is 0 Å². The number of halogens is 1. The Morgan fingerprint density at radius 1 is 1.11 bits per heavy atom. The second-order valence-electron chi connectivity index (χ2n) is 6.33. The number of aromatic nitrogens is 2. The van der Waals surface area contributed by atoms with Crippen molar-refractivity contribution in [3.8, 4) is 5.69 Å². The van der Waals surface area contributed by atoms with Gasteiger partial charge in [0.1, 0.15) is 5.69 Å². The number of benzene rings is 2. The van der Waals surface area contributed by atoms with E-state index in [1.807, 2.05) is 54.6 Å². The number of nitrogens with zero attached hydrogens (tertiary/aromatic N) is 3. The average Bonchev–Trinajstić information content (AvgIpc) is 3.11. The Labute approximate surface area is 176 Å². The maximum Gasteiger partial charge on any atom is 0.359 e. The third-order valence-electron chi connectivity index (χ3n) is 4.62. The van der Waals surface area contributed by atoms with Gasteiger partial charge in [0.2, 0.25) is 0 Å². The highest BCUT2D eigenvalue weighted by Gasteiger charge is 2.35. The molecule has 1 aromatic heterocycles. The van der Waals surface area contributed by atoms with E-state index in [-0.39, 0.29) is 18.2 Å². The first kappa shape index (κ1) is 18.7. The number of hydrogen-bond donors (Lipinski definition) is 0. The van der Waals surface area contributed by atoms with Gasteiger partial charge < -0.3 is 9.64 Å². The minimum absolute atomic E-state index is 0.172. The van der Waals surface area contributed by atoms with Gasteiger partial charge in [0.05, 0.1) is 12.3 Å². The van der Waals surface area contributed by atoms with Crippen LogP contribution in [0.1, 0.15) is 33.5 Å². The highest BCUT2D eigenvalue weighted by Crippen LogP contribution is 2.29. The molecule has 0 spiro atoms. The van der Waals surface area contributed by atoms with Crippen molar-refractivity contribution >= 4 is 40.2 Å². The van der Waals surface area contributed by atoms with Gasteiger partial charge >= 0.3 is 5.97 Å². The van der Waals surface area contributed by atoms with Crippen LogP contribution >= 0.6 is 22.6 Å². The number of carbonyl (C=O) groups is 2. The quantitative estimate of drug-likeness (QED) is 0.415. The highest BCUT2D eigenvalue weighted by molar-refractivity contribution is 14.1. The Kier molecular flexibility index (Phi) is 5.17. The average molecular weight is 487 g/mol. The second-order valence-corrected chi connectivity index (χ2v) is 7.57. The molecular formula is C21H18IN3O3. The number of rotatable bonds is 4. The monoisotopic (exact) mass is 487 g/mol. The molecule has 7 heteroatoms. The van der Waals surface area contributed by atoms with Crippen LogP contribution in [0.25, 0.3) is 5.69 Å². The van der Waals surface area contributed by atoms with Crippen molar-refractivity contribution in [2.45, 2.75) is 13.3 Å². The maximum absolute atomic E-state index is 13.4. The largest absolute Gasteiger partial charge is 0.461 e. The van der Waals surface area contributed by atoms with E-state index in [0.717, 1.165) is 14.9 Å². The van der Waals surface area contributed by atoms with Gasteiger partial charge in [-0.2, -0.15) is 5.10 Å². The van der Waals surface area contributed by atoms with Crippen molar-refractivity contribution < 1.29 is 14.3 Å². The molecule has 2 heterocycles. The van der Waals surface area contributed by atoms with Crippen molar-refractivity contribution in [1.29, 1.82) is 0 Å². The standard InChI is InChI=1S/C21H18IN3O3/c1-2-28-21(27)18-17-12-13-24(15-10-8-14(22)9-11-15)20(26)19(17)25(23-18)16-6-4-3-5-7-16/h3-11H,2,12-13H2,1H3. The molecule has 1 aliphatic rings. The highest BCUT2D eigenvalue weighted by atomic mass is 127. The van der Waals surface area contributed by atoms with Gasteiger partial charge in [0, 0.05) is 21.4 Å². The van der Waals surface area contributed by atoms with Gasteiger partial charge in [-0.1, -0.05) is 18.2 Å². The smallest absolute Gasteiger partial charge is 0.359 e. The third-order valence-corrected chi connectivity index (χ3v) is 5.34. The molecule has 1 aliphatic heterocycles. The summed E-state index contributed by atoms with van der Waals surface area (Å²) in [6, 6.07) is 17.2. The Morgan fingerprint density at radius 3 is 2.50 bits per heavy atom. The second kappa shape index (κ2) is 7.75. The minimum Gasteiger partial charge on any atom is -0.461 e. The van der Waals surface area contributed by atoms with E-state index in [4.69, 9.17) is 4.74 Å². The third kappa shape index (κ3) is 3.30. The predicted octanol–water partition coefficient (Wildman–Crippen LogP) is 3.86. The molecule has 1 amide bonds. The summed E-state index contributed by atoms with van der Waals surface area (Å²) in [5.74, 6) is -0.668. The van der Waals surface area contributed by atoms with Crippen LogP contribution in [-0.4, -0.2) is 34.8 Å². The molecule has 0 saturated heterocycles. The molecule has 0 N–H and O–H groups in total. The summed E-state index contributed by atoms with van der Waals surface area (Å²) in [6.07, 6.45) is 0.536.